The quantitative estimate of drug-likeness (QED) is 0.641. The van der Waals surface area contributed by atoms with Crippen LogP contribution < -0.4 is 11.2 Å². The van der Waals surface area contributed by atoms with Crippen LogP contribution in [0, 0.1) is 5.82 Å². The summed E-state index contributed by atoms with van der Waals surface area (Å²) in [7, 11) is -4.51. The summed E-state index contributed by atoms with van der Waals surface area (Å²) in [5.41, 5.74) is -1.79. The van der Waals surface area contributed by atoms with Crippen LogP contribution in [0.4, 0.5) is 4.39 Å². The van der Waals surface area contributed by atoms with Crippen LogP contribution in [0.2, 0.25) is 36.3 Å². The van der Waals surface area contributed by atoms with Gasteiger partial charge in [0.2, 0.25) is 5.82 Å². The molecule has 2 rings (SSSR count). The SMILES string of the molecule is CC1OC(n2cc(F)c(=O)[nH]c2=O)C(O[Si](C)(C)C(C)(C)C)C1O[Si](C)(C)C(C)(C)C. The Hall–Kier alpha value is -1.08. The highest BCUT2D eigenvalue weighted by Crippen LogP contribution is 2.45. The highest BCUT2D eigenvalue weighted by molar-refractivity contribution is 6.74. The summed E-state index contributed by atoms with van der Waals surface area (Å²) in [5.74, 6) is -1.05. The number of ether oxygens (including phenoxy) is 1. The van der Waals surface area contributed by atoms with E-state index >= 15 is 0 Å². The molecule has 0 saturated carbocycles. The predicted molar refractivity (Wildman–Crippen MR) is 125 cm³/mol. The van der Waals surface area contributed by atoms with Gasteiger partial charge in [0.1, 0.15) is 12.2 Å². The molecular formula is C21H39FN2O5Si2. The first kappa shape index (κ1) is 26.2. The molecule has 2 heterocycles. The molecule has 31 heavy (non-hydrogen) atoms. The van der Waals surface area contributed by atoms with Crippen LogP contribution in [0.15, 0.2) is 15.8 Å². The normalized spacial score (nSPS) is 25.8. The molecule has 10 heteroatoms. The maximum atomic E-state index is 14.1. The number of nitrogens with zero attached hydrogens (tertiary/aromatic N) is 1. The lowest BCUT2D eigenvalue weighted by Gasteiger charge is -2.44. The Balaban J connectivity index is 2.57. The van der Waals surface area contributed by atoms with Crippen LogP contribution in [-0.2, 0) is 13.6 Å². The number of aromatic amines is 1. The molecule has 0 amide bonds. The lowest BCUT2D eigenvalue weighted by molar-refractivity contribution is -0.0317. The Morgan fingerprint density at radius 2 is 1.42 bits per heavy atom. The van der Waals surface area contributed by atoms with Gasteiger partial charge in [-0.3, -0.25) is 14.3 Å². The Kier molecular flexibility index (Phi) is 7.06. The number of hydrogen-bond acceptors (Lipinski definition) is 5. The van der Waals surface area contributed by atoms with Crippen molar-refractivity contribution in [2.45, 2.75) is 109 Å². The van der Waals surface area contributed by atoms with Crippen molar-refractivity contribution >= 4 is 16.6 Å². The van der Waals surface area contributed by atoms with E-state index < -0.39 is 52.1 Å². The van der Waals surface area contributed by atoms with Crippen molar-refractivity contribution in [3.8, 4) is 0 Å². The molecule has 1 aromatic rings. The van der Waals surface area contributed by atoms with Crippen molar-refractivity contribution in [1.29, 1.82) is 0 Å². The summed E-state index contributed by atoms with van der Waals surface area (Å²) in [4.78, 5) is 26.1. The summed E-state index contributed by atoms with van der Waals surface area (Å²) in [5, 5.41) is -0.126. The third kappa shape index (κ3) is 5.30. The van der Waals surface area contributed by atoms with E-state index in [0.717, 1.165) is 10.8 Å². The zero-order chi connectivity index (χ0) is 24.2. The van der Waals surface area contributed by atoms with E-state index in [4.69, 9.17) is 13.6 Å². The number of rotatable bonds is 5. The van der Waals surface area contributed by atoms with Crippen molar-refractivity contribution < 1.29 is 18.0 Å². The van der Waals surface area contributed by atoms with E-state index in [-0.39, 0.29) is 16.2 Å². The number of halogens is 1. The third-order valence-corrected chi connectivity index (χ3v) is 16.0. The van der Waals surface area contributed by atoms with Gasteiger partial charge in [0.25, 0.3) is 5.56 Å². The number of hydrogen-bond donors (Lipinski definition) is 1. The minimum Gasteiger partial charge on any atom is -0.409 e. The van der Waals surface area contributed by atoms with Crippen molar-refractivity contribution in [2.24, 2.45) is 0 Å². The molecule has 1 fully saturated rings. The monoisotopic (exact) mass is 474 g/mol. The molecule has 1 aliphatic heterocycles. The number of nitrogens with one attached hydrogen (secondary N) is 1. The predicted octanol–water partition coefficient (Wildman–Crippen LogP) is 4.37. The number of H-pyrrole nitrogens is 1. The molecule has 0 bridgehead atoms. The van der Waals surface area contributed by atoms with E-state index in [9.17, 15) is 14.0 Å². The zero-order valence-electron chi connectivity index (χ0n) is 20.8. The Morgan fingerprint density at radius 3 is 1.87 bits per heavy atom. The highest BCUT2D eigenvalue weighted by atomic mass is 28.4. The van der Waals surface area contributed by atoms with Gasteiger partial charge in [-0.2, -0.15) is 4.39 Å². The standard InChI is InChI=1S/C21H39FN2O5Si2/c1-13-15(28-30(8,9)20(2,3)4)16(29-31(10,11)21(5,6)7)18(27-13)24-12-14(22)17(25)23-19(24)26/h12-13,15-16,18H,1-11H3,(H,23,25,26). The smallest absolute Gasteiger partial charge is 0.330 e. The second-order valence-corrected chi connectivity index (χ2v) is 21.1. The molecule has 0 aromatic carbocycles. The summed E-state index contributed by atoms with van der Waals surface area (Å²) in [6.45, 7) is 23.3. The van der Waals surface area contributed by atoms with Gasteiger partial charge in [-0.15, -0.1) is 0 Å². The van der Waals surface area contributed by atoms with Gasteiger partial charge in [-0.25, -0.2) is 4.79 Å². The molecule has 0 aliphatic carbocycles. The molecule has 178 valence electrons. The summed E-state index contributed by atoms with van der Waals surface area (Å²) in [6, 6.07) is 0. The first-order chi connectivity index (χ1) is 13.8. The van der Waals surface area contributed by atoms with Crippen molar-refractivity contribution in [2.75, 3.05) is 0 Å². The fourth-order valence-corrected chi connectivity index (χ4v) is 5.64. The van der Waals surface area contributed by atoms with Crippen LogP contribution in [0.1, 0.15) is 54.7 Å². The van der Waals surface area contributed by atoms with Crippen molar-refractivity contribution in [3.05, 3.63) is 32.9 Å². The Morgan fingerprint density at radius 1 is 0.968 bits per heavy atom. The lowest BCUT2D eigenvalue weighted by atomic mass is 10.1. The average Bonchev–Trinajstić information content (AvgIpc) is 2.84. The molecular weight excluding hydrogens is 435 g/mol. The number of aromatic nitrogens is 2. The molecule has 1 aromatic heterocycles. The van der Waals surface area contributed by atoms with Gasteiger partial charge in [-0.1, -0.05) is 41.5 Å². The van der Waals surface area contributed by atoms with Gasteiger partial charge < -0.3 is 13.6 Å². The molecule has 0 spiro atoms. The molecule has 1 N–H and O–H groups in total. The van der Waals surface area contributed by atoms with Crippen LogP contribution >= 0.6 is 0 Å². The summed E-state index contributed by atoms with van der Waals surface area (Å²) >= 11 is 0. The van der Waals surface area contributed by atoms with Gasteiger partial charge in [0.05, 0.1) is 12.3 Å². The first-order valence-electron chi connectivity index (χ1n) is 10.8. The van der Waals surface area contributed by atoms with Gasteiger partial charge in [0.15, 0.2) is 22.9 Å². The first-order valence-corrected chi connectivity index (χ1v) is 16.6. The van der Waals surface area contributed by atoms with Crippen molar-refractivity contribution in [1.82, 2.24) is 9.55 Å². The van der Waals surface area contributed by atoms with Gasteiger partial charge in [-0.05, 0) is 43.2 Å². The second kappa shape index (κ2) is 8.37. The third-order valence-electron chi connectivity index (χ3n) is 7.09. The minimum atomic E-state index is -2.30. The molecule has 4 atom stereocenters. The molecule has 7 nitrogen and oxygen atoms in total. The van der Waals surface area contributed by atoms with E-state index in [1.807, 2.05) is 11.9 Å². The summed E-state index contributed by atoms with van der Waals surface area (Å²) in [6.07, 6.45) is -1.43. The maximum Gasteiger partial charge on any atom is 0.330 e. The molecule has 4 unspecified atom stereocenters. The van der Waals surface area contributed by atoms with E-state index in [2.05, 4.69) is 67.7 Å². The Bertz CT molecular complexity index is 914. The fraction of sp³-hybridized carbons (Fsp3) is 0.810. The van der Waals surface area contributed by atoms with Gasteiger partial charge in [0, 0.05) is 0 Å². The van der Waals surface area contributed by atoms with E-state index in [1.165, 1.54) is 0 Å². The van der Waals surface area contributed by atoms with Crippen molar-refractivity contribution in [3.63, 3.8) is 0 Å². The maximum absolute atomic E-state index is 14.1. The lowest BCUT2D eigenvalue weighted by Crippen LogP contribution is -2.53. The molecule has 0 radical (unpaired) electrons. The Labute approximate surface area is 186 Å². The van der Waals surface area contributed by atoms with Crippen LogP contribution in [0.5, 0.6) is 0 Å². The molecule has 1 aliphatic rings. The highest BCUT2D eigenvalue weighted by Gasteiger charge is 2.53. The van der Waals surface area contributed by atoms with Gasteiger partial charge >= 0.3 is 5.69 Å². The topological polar surface area (TPSA) is 82.6 Å². The zero-order valence-corrected chi connectivity index (χ0v) is 22.8. The largest absolute Gasteiger partial charge is 0.409 e. The summed E-state index contributed by atoms with van der Waals surface area (Å²) < 4.78 is 34.7. The van der Waals surface area contributed by atoms with Crippen LogP contribution in [-0.4, -0.2) is 44.5 Å². The van der Waals surface area contributed by atoms with E-state index in [0.29, 0.717) is 0 Å². The minimum absolute atomic E-state index is 0.0345. The fourth-order valence-electron chi connectivity index (χ4n) is 3.00. The van der Waals surface area contributed by atoms with Crippen LogP contribution in [0.25, 0.3) is 0 Å². The van der Waals surface area contributed by atoms with Crippen LogP contribution in [0.3, 0.4) is 0 Å². The van der Waals surface area contributed by atoms with E-state index in [1.54, 1.807) is 0 Å². The second-order valence-electron chi connectivity index (χ2n) is 11.6. The molecule has 1 saturated heterocycles. The average molecular weight is 475 g/mol.